The van der Waals surface area contributed by atoms with Crippen molar-refractivity contribution in [2.24, 2.45) is 0 Å². The van der Waals surface area contributed by atoms with Crippen molar-refractivity contribution in [2.75, 3.05) is 0 Å². The van der Waals surface area contributed by atoms with Crippen LogP contribution in [0.3, 0.4) is 0 Å². The SMILES string of the molecule is CCC(C)(C)c1ccc2c(c1)C(C)(C)c1cc(C)ccc1-2. The van der Waals surface area contributed by atoms with E-state index in [4.69, 9.17) is 0 Å². The van der Waals surface area contributed by atoms with Gasteiger partial charge >= 0.3 is 0 Å². The fraction of sp³-hybridized carbons (Fsp3) is 0.429. The molecule has 2 aromatic rings. The Bertz CT molecular complexity index is 702. The minimum atomic E-state index is 0.108. The molecule has 110 valence electrons. The van der Waals surface area contributed by atoms with Gasteiger partial charge in [0.25, 0.3) is 0 Å². The van der Waals surface area contributed by atoms with Gasteiger partial charge in [-0.3, -0.25) is 0 Å². The third-order valence-electron chi connectivity index (χ3n) is 5.50. The maximum atomic E-state index is 2.45. The second kappa shape index (κ2) is 4.47. The summed E-state index contributed by atoms with van der Waals surface area (Å²) in [4.78, 5) is 0. The van der Waals surface area contributed by atoms with Gasteiger partial charge in [0.1, 0.15) is 0 Å². The Labute approximate surface area is 129 Å². The molecule has 1 aliphatic rings. The van der Waals surface area contributed by atoms with Crippen molar-refractivity contribution >= 4 is 0 Å². The predicted octanol–water partition coefficient (Wildman–Crippen LogP) is 5.99. The molecule has 0 atom stereocenters. The van der Waals surface area contributed by atoms with Crippen LogP contribution >= 0.6 is 0 Å². The van der Waals surface area contributed by atoms with Crippen molar-refractivity contribution in [3.8, 4) is 11.1 Å². The standard InChI is InChI=1S/C21H26/c1-7-20(3,4)15-9-11-17-16-10-8-14(2)12-18(16)21(5,6)19(17)13-15/h8-13H,7H2,1-6H3. The van der Waals surface area contributed by atoms with Gasteiger partial charge in [0.05, 0.1) is 0 Å². The molecule has 0 spiro atoms. The van der Waals surface area contributed by atoms with Gasteiger partial charge < -0.3 is 0 Å². The van der Waals surface area contributed by atoms with E-state index >= 15 is 0 Å². The van der Waals surface area contributed by atoms with Gasteiger partial charge in [-0.25, -0.2) is 0 Å². The molecule has 0 unspecified atom stereocenters. The first-order chi connectivity index (χ1) is 9.77. The molecule has 0 N–H and O–H groups in total. The first-order valence-corrected chi connectivity index (χ1v) is 8.04. The van der Waals surface area contributed by atoms with E-state index in [2.05, 4.69) is 77.9 Å². The molecule has 0 bridgehead atoms. The highest BCUT2D eigenvalue weighted by molar-refractivity contribution is 5.81. The summed E-state index contributed by atoms with van der Waals surface area (Å²) in [7, 11) is 0. The number of fused-ring (bicyclic) bond motifs is 3. The van der Waals surface area contributed by atoms with Gasteiger partial charge in [0, 0.05) is 5.41 Å². The summed E-state index contributed by atoms with van der Waals surface area (Å²) in [6, 6.07) is 14.0. The highest BCUT2D eigenvalue weighted by atomic mass is 14.4. The molecule has 0 nitrogen and oxygen atoms in total. The predicted molar refractivity (Wildman–Crippen MR) is 92.1 cm³/mol. The Morgan fingerprint density at radius 1 is 0.905 bits per heavy atom. The van der Waals surface area contributed by atoms with Crippen LogP contribution in [0.2, 0.25) is 0 Å². The minimum absolute atomic E-state index is 0.108. The van der Waals surface area contributed by atoms with Gasteiger partial charge in [0.2, 0.25) is 0 Å². The maximum Gasteiger partial charge on any atom is 0.0159 e. The van der Waals surface area contributed by atoms with Crippen molar-refractivity contribution in [1.82, 2.24) is 0 Å². The first kappa shape index (κ1) is 14.4. The molecule has 0 saturated carbocycles. The zero-order valence-electron chi connectivity index (χ0n) is 14.2. The van der Waals surface area contributed by atoms with Gasteiger partial charge in [-0.1, -0.05) is 76.6 Å². The van der Waals surface area contributed by atoms with Gasteiger partial charge in [-0.15, -0.1) is 0 Å². The van der Waals surface area contributed by atoms with Gasteiger partial charge in [-0.2, -0.15) is 0 Å². The van der Waals surface area contributed by atoms with Crippen LogP contribution in [0.25, 0.3) is 11.1 Å². The molecule has 2 aromatic carbocycles. The van der Waals surface area contributed by atoms with Crippen LogP contribution in [-0.4, -0.2) is 0 Å². The van der Waals surface area contributed by atoms with Crippen LogP contribution in [0.1, 0.15) is 63.3 Å². The van der Waals surface area contributed by atoms with Gasteiger partial charge in [0.15, 0.2) is 0 Å². The Kier molecular flexibility index (Phi) is 3.06. The Hall–Kier alpha value is -1.56. The van der Waals surface area contributed by atoms with Crippen molar-refractivity contribution in [2.45, 2.75) is 58.8 Å². The summed E-state index contributed by atoms with van der Waals surface area (Å²) in [6.45, 7) is 13.9. The molecule has 0 radical (unpaired) electrons. The van der Waals surface area contributed by atoms with Crippen LogP contribution in [0, 0.1) is 6.92 Å². The largest absolute Gasteiger partial charge is 0.0646 e. The molecule has 0 fully saturated rings. The summed E-state index contributed by atoms with van der Waals surface area (Å²) < 4.78 is 0. The highest BCUT2D eigenvalue weighted by Gasteiger charge is 2.36. The molecular formula is C21H26. The Morgan fingerprint density at radius 3 is 2.10 bits per heavy atom. The second-order valence-electron chi connectivity index (χ2n) is 7.67. The minimum Gasteiger partial charge on any atom is -0.0646 e. The number of hydrogen-bond donors (Lipinski definition) is 0. The van der Waals surface area contributed by atoms with Crippen molar-refractivity contribution < 1.29 is 0 Å². The van der Waals surface area contributed by atoms with E-state index in [-0.39, 0.29) is 10.8 Å². The van der Waals surface area contributed by atoms with E-state index in [1.807, 2.05) is 0 Å². The quantitative estimate of drug-likeness (QED) is 0.633. The zero-order valence-corrected chi connectivity index (χ0v) is 14.2. The lowest BCUT2D eigenvalue weighted by atomic mass is 9.77. The molecule has 3 rings (SSSR count). The second-order valence-corrected chi connectivity index (χ2v) is 7.67. The highest BCUT2D eigenvalue weighted by Crippen LogP contribution is 2.49. The van der Waals surface area contributed by atoms with E-state index in [1.54, 1.807) is 0 Å². The van der Waals surface area contributed by atoms with Gasteiger partial charge in [-0.05, 0) is 46.6 Å². The van der Waals surface area contributed by atoms with E-state index in [0.717, 1.165) is 6.42 Å². The number of rotatable bonds is 2. The molecule has 0 amide bonds. The average Bonchev–Trinajstić information content (AvgIpc) is 2.67. The first-order valence-electron chi connectivity index (χ1n) is 8.04. The molecule has 21 heavy (non-hydrogen) atoms. The summed E-state index contributed by atoms with van der Waals surface area (Å²) in [5.41, 5.74) is 8.97. The maximum absolute atomic E-state index is 2.45. The molecule has 0 saturated heterocycles. The lowest BCUT2D eigenvalue weighted by Crippen LogP contribution is -2.19. The number of benzene rings is 2. The Morgan fingerprint density at radius 2 is 1.48 bits per heavy atom. The van der Waals surface area contributed by atoms with E-state index in [9.17, 15) is 0 Å². The lowest BCUT2D eigenvalue weighted by molar-refractivity contribution is 0.504. The molecule has 0 heteroatoms. The third-order valence-corrected chi connectivity index (χ3v) is 5.50. The van der Waals surface area contributed by atoms with Crippen LogP contribution in [0.15, 0.2) is 36.4 Å². The molecule has 0 aromatic heterocycles. The summed E-state index contributed by atoms with van der Waals surface area (Å²) >= 11 is 0. The monoisotopic (exact) mass is 278 g/mol. The molecule has 1 aliphatic carbocycles. The topological polar surface area (TPSA) is 0 Å². The lowest BCUT2D eigenvalue weighted by Gasteiger charge is -2.27. The third kappa shape index (κ3) is 2.04. The van der Waals surface area contributed by atoms with E-state index < -0.39 is 0 Å². The summed E-state index contributed by atoms with van der Waals surface area (Å²) in [5.74, 6) is 0. The van der Waals surface area contributed by atoms with E-state index in [0.29, 0.717) is 0 Å². The van der Waals surface area contributed by atoms with Crippen molar-refractivity contribution in [3.63, 3.8) is 0 Å². The van der Waals surface area contributed by atoms with Crippen molar-refractivity contribution in [1.29, 1.82) is 0 Å². The van der Waals surface area contributed by atoms with Crippen LogP contribution < -0.4 is 0 Å². The Balaban J connectivity index is 2.23. The average molecular weight is 278 g/mol. The fourth-order valence-corrected chi connectivity index (χ4v) is 3.48. The summed E-state index contributed by atoms with van der Waals surface area (Å²) in [6.07, 6.45) is 1.16. The molecular weight excluding hydrogens is 252 g/mol. The van der Waals surface area contributed by atoms with Crippen molar-refractivity contribution in [3.05, 3.63) is 58.7 Å². The fourth-order valence-electron chi connectivity index (χ4n) is 3.48. The number of hydrogen-bond acceptors (Lipinski definition) is 0. The van der Waals surface area contributed by atoms with Crippen LogP contribution in [0.5, 0.6) is 0 Å². The molecule has 0 aliphatic heterocycles. The smallest absolute Gasteiger partial charge is 0.0159 e. The van der Waals surface area contributed by atoms with Crippen LogP contribution in [-0.2, 0) is 10.8 Å². The molecule has 0 heterocycles. The van der Waals surface area contributed by atoms with Crippen LogP contribution in [0.4, 0.5) is 0 Å². The summed E-state index contributed by atoms with van der Waals surface area (Å²) in [5, 5.41) is 0. The zero-order chi connectivity index (χ0) is 15.4. The van der Waals surface area contributed by atoms with E-state index in [1.165, 1.54) is 33.4 Å². The normalized spacial score (nSPS) is 15.7. The number of aryl methyl sites for hydroxylation is 1.